The fourth-order valence-electron chi connectivity index (χ4n) is 2.02. The largest absolute Gasteiger partial charge is 0.396 e. The average molecular weight is 269 g/mol. The smallest absolute Gasteiger partial charge is 0.389 e. The van der Waals surface area contributed by atoms with Crippen LogP contribution in [0.4, 0.5) is 13.2 Å². The van der Waals surface area contributed by atoms with Crippen LogP contribution in [0, 0.1) is 5.92 Å². The zero-order valence-electron chi connectivity index (χ0n) is 11.4. The third-order valence-electron chi connectivity index (χ3n) is 3.09. The van der Waals surface area contributed by atoms with Crippen LogP contribution in [0.1, 0.15) is 52.4 Å². The number of hydrogen-bond donors (Lipinski definition) is 2. The van der Waals surface area contributed by atoms with Crippen molar-refractivity contribution < 1.29 is 18.3 Å². The highest BCUT2D eigenvalue weighted by Crippen LogP contribution is 2.22. The summed E-state index contributed by atoms with van der Waals surface area (Å²) < 4.78 is 35.9. The minimum atomic E-state index is -4.04. The molecule has 0 heterocycles. The first-order chi connectivity index (χ1) is 8.39. The van der Waals surface area contributed by atoms with E-state index in [4.69, 9.17) is 5.11 Å². The third kappa shape index (κ3) is 10.8. The van der Waals surface area contributed by atoms with E-state index in [9.17, 15) is 13.2 Å². The maximum atomic E-state index is 12.0. The average Bonchev–Trinajstić information content (AvgIpc) is 2.25. The van der Waals surface area contributed by atoms with Gasteiger partial charge < -0.3 is 10.4 Å². The summed E-state index contributed by atoms with van der Waals surface area (Å²) in [6.07, 6.45) is -1.16. The topological polar surface area (TPSA) is 32.3 Å². The van der Waals surface area contributed by atoms with Gasteiger partial charge in [0.1, 0.15) is 0 Å². The number of rotatable bonds is 10. The van der Waals surface area contributed by atoms with Crippen molar-refractivity contribution in [2.45, 2.75) is 64.6 Å². The van der Waals surface area contributed by atoms with Gasteiger partial charge in [0.25, 0.3) is 0 Å². The van der Waals surface area contributed by atoms with E-state index in [1.54, 1.807) is 0 Å². The van der Waals surface area contributed by atoms with Crippen molar-refractivity contribution in [3.8, 4) is 0 Å². The molecule has 0 radical (unpaired) electrons. The van der Waals surface area contributed by atoms with Gasteiger partial charge in [0.05, 0.1) is 0 Å². The van der Waals surface area contributed by atoms with Gasteiger partial charge in [-0.15, -0.1) is 0 Å². The number of alkyl halides is 3. The van der Waals surface area contributed by atoms with Gasteiger partial charge in [-0.3, -0.25) is 0 Å². The first-order valence-corrected chi connectivity index (χ1v) is 6.80. The summed E-state index contributed by atoms with van der Waals surface area (Å²) in [5.41, 5.74) is 0. The fraction of sp³-hybridized carbons (Fsp3) is 1.00. The molecule has 0 rings (SSSR count). The SMILES string of the molecule is CCCC(CCO)CNC(C)CCCC(F)(F)F. The molecule has 0 saturated carbocycles. The maximum absolute atomic E-state index is 12.0. The minimum absolute atomic E-state index is 0.102. The fourth-order valence-corrected chi connectivity index (χ4v) is 2.02. The molecule has 0 spiro atoms. The van der Waals surface area contributed by atoms with Gasteiger partial charge in [0, 0.05) is 19.1 Å². The lowest BCUT2D eigenvalue weighted by molar-refractivity contribution is -0.135. The molecule has 0 aromatic carbocycles. The molecule has 110 valence electrons. The van der Waals surface area contributed by atoms with E-state index >= 15 is 0 Å². The molecule has 0 aliphatic carbocycles. The Balaban J connectivity index is 3.69. The van der Waals surface area contributed by atoms with Crippen molar-refractivity contribution in [1.82, 2.24) is 5.32 Å². The zero-order valence-corrected chi connectivity index (χ0v) is 11.4. The van der Waals surface area contributed by atoms with Crippen LogP contribution in [0.15, 0.2) is 0 Å². The van der Waals surface area contributed by atoms with Crippen molar-refractivity contribution in [2.24, 2.45) is 5.92 Å². The Morgan fingerprint density at radius 1 is 1.17 bits per heavy atom. The van der Waals surface area contributed by atoms with Crippen LogP contribution in [-0.2, 0) is 0 Å². The molecule has 2 N–H and O–H groups in total. The van der Waals surface area contributed by atoms with Crippen molar-refractivity contribution in [3.05, 3.63) is 0 Å². The van der Waals surface area contributed by atoms with E-state index in [1.165, 1.54) is 0 Å². The van der Waals surface area contributed by atoms with E-state index < -0.39 is 12.6 Å². The van der Waals surface area contributed by atoms with Crippen LogP contribution in [0.3, 0.4) is 0 Å². The number of aliphatic hydroxyl groups excluding tert-OH is 1. The lowest BCUT2D eigenvalue weighted by atomic mass is 9.99. The van der Waals surface area contributed by atoms with E-state index in [0.29, 0.717) is 12.3 Å². The van der Waals surface area contributed by atoms with Gasteiger partial charge in [-0.1, -0.05) is 13.3 Å². The number of aliphatic hydroxyl groups is 1. The van der Waals surface area contributed by atoms with Crippen LogP contribution in [-0.4, -0.2) is 30.5 Å². The summed E-state index contributed by atoms with van der Waals surface area (Å²) in [5, 5.41) is 12.2. The standard InChI is InChI=1S/C13H26F3NO/c1-3-5-12(7-9-18)10-17-11(2)6-4-8-13(14,15)16/h11-12,17-18H,3-10H2,1-2H3. The molecular formula is C13H26F3NO. The molecule has 0 saturated heterocycles. The van der Waals surface area contributed by atoms with E-state index in [2.05, 4.69) is 12.2 Å². The molecule has 0 bridgehead atoms. The normalized spacial score (nSPS) is 15.7. The van der Waals surface area contributed by atoms with Gasteiger partial charge in [0.2, 0.25) is 0 Å². The summed E-state index contributed by atoms with van der Waals surface area (Å²) in [6.45, 7) is 4.96. The second-order valence-electron chi connectivity index (χ2n) is 4.98. The summed E-state index contributed by atoms with van der Waals surface area (Å²) in [5.74, 6) is 0.421. The van der Waals surface area contributed by atoms with Gasteiger partial charge in [-0.05, 0) is 45.1 Å². The minimum Gasteiger partial charge on any atom is -0.396 e. The van der Waals surface area contributed by atoms with Crippen LogP contribution in [0.5, 0.6) is 0 Å². The molecule has 0 aromatic rings. The Bertz CT molecular complexity index is 191. The first-order valence-electron chi connectivity index (χ1n) is 6.80. The summed E-state index contributed by atoms with van der Waals surface area (Å²) in [4.78, 5) is 0. The highest BCUT2D eigenvalue weighted by molar-refractivity contribution is 4.67. The van der Waals surface area contributed by atoms with Crippen LogP contribution in [0.2, 0.25) is 0 Å². The van der Waals surface area contributed by atoms with Crippen molar-refractivity contribution in [1.29, 1.82) is 0 Å². The molecule has 0 aliphatic heterocycles. The monoisotopic (exact) mass is 269 g/mol. The summed E-state index contributed by atoms with van der Waals surface area (Å²) >= 11 is 0. The van der Waals surface area contributed by atoms with Gasteiger partial charge >= 0.3 is 6.18 Å². The highest BCUT2D eigenvalue weighted by atomic mass is 19.4. The lowest BCUT2D eigenvalue weighted by Crippen LogP contribution is -2.31. The van der Waals surface area contributed by atoms with E-state index in [0.717, 1.165) is 25.8 Å². The van der Waals surface area contributed by atoms with Crippen molar-refractivity contribution in [2.75, 3.05) is 13.2 Å². The molecule has 2 atom stereocenters. The molecule has 0 amide bonds. The van der Waals surface area contributed by atoms with Crippen molar-refractivity contribution in [3.63, 3.8) is 0 Å². The van der Waals surface area contributed by atoms with Gasteiger partial charge in [-0.2, -0.15) is 13.2 Å². The number of nitrogens with one attached hydrogen (secondary N) is 1. The third-order valence-corrected chi connectivity index (χ3v) is 3.09. The summed E-state index contributed by atoms with van der Waals surface area (Å²) in [6, 6.07) is 0.102. The Morgan fingerprint density at radius 3 is 2.33 bits per heavy atom. The predicted octanol–water partition coefficient (Wildman–Crippen LogP) is 3.50. The van der Waals surface area contributed by atoms with E-state index in [-0.39, 0.29) is 19.1 Å². The highest BCUT2D eigenvalue weighted by Gasteiger charge is 2.26. The number of halogens is 3. The molecule has 18 heavy (non-hydrogen) atoms. The molecule has 2 nitrogen and oxygen atoms in total. The van der Waals surface area contributed by atoms with Gasteiger partial charge in [-0.25, -0.2) is 0 Å². The molecule has 0 aliphatic rings. The molecule has 0 aromatic heterocycles. The maximum Gasteiger partial charge on any atom is 0.389 e. The Hall–Kier alpha value is -0.290. The quantitative estimate of drug-likeness (QED) is 0.636. The van der Waals surface area contributed by atoms with Crippen LogP contribution in [0.25, 0.3) is 0 Å². The Morgan fingerprint density at radius 2 is 1.83 bits per heavy atom. The zero-order chi connectivity index (χ0) is 14.0. The second-order valence-corrected chi connectivity index (χ2v) is 4.98. The molecule has 5 heteroatoms. The van der Waals surface area contributed by atoms with Crippen molar-refractivity contribution >= 4 is 0 Å². The molecule has 2 unspecified atom stereocenters. The number of hydrogen-bond acceptors (Lipinski definition) is 2. The predicted molar refractivity (Wildman–Crippen MR) is 67.5 cm³/mol. The lowest BCUT2D eigenvalue weighted by Gasteiger charge is -2.20. The van der Waals surface area contributed by atoms with Crippen LogP contribution < -0.4 is 5.32 Å². The summed E-state index contributed by atoms with van der Waals surface area (Å²) in [7, 11) is 0. The Kier molecular flexibility index (Phi) is 9.46. The molecule has 0 fully saturated rings. The van der Waals surface area contributed by atoms with Gasteiger partial charge in [0.15, 0.2) is 0 Å². The van der Waals surface area contributed by atoms with E-state index in [1.807, 2.05) is 6.92 Å². The Labute approximate surface area is 108 Å². The first kappa shape index (κ1) is 17.7. The second kappa shape index (κ2) is 9.62. The van der Waals surface area contributed by atoms with Crippen LogP contribution >= 0.6 is 0 Å². The molecular weight excluding hydrogens is 243 g/mol.